The molecule has 2 N–H and O–H groups in total. The van der Waals surface area contributed by atoms with Crippen molar-refractivity contribution in [2.45, 2.75) is 45.0 Å². The van der Waals surface area contributed by atoms with Crippen LogP contribution in [0.15, 0.2) is 18.3 Å². The minimum atomic E-state index is -1.71. The first-order valence-electron chi connectivity index (χ1n) is 7.44. The average Bonchev–Trinajstić information content (AvgIpc) is 2.32. The van der Waals surface area contributed by atoms with Crippen LogP contribution >= 0.6 is 0 Å². The summed E-state index contributed by atoms with van der Waals surface area (Å²) in [6, 6.07) is 3.51. The molecule has 1 fully saturated rings. The molecule has 1 aliphatic rings. The lowest BCUT2D eigenvalue weighted by Gasteiger charge is -2.46. The van der Waals surface area contributed by atoms with Crippen LogP contribution in [-0.2, 0) is 4.43 Å². The summed E-state index contributed by atoms with van der Waals surface area (Å²) in [7, 11) is -1.71. The van der Waals surface area contributed by atoms with E-state index in [1.54, 1.807) is 6.07 Å². The van der Waals surface area contributed by atoms with Gasteiger partial charge in [-0.2, -0.15) is 0 Å². The van der Waals surface area contributed by atoms with Crippen molar-refractivity contribution in [1.29, 1.82) is 0 Å². The zero-order chi connectivity index (χ0) is 16.5. The van der Waals surface area contributed by atoms with Crippen LogP contribution in [0.25, 0.3) is 0 Å². The molecule has 6 nitrogen and oxygen atoms in total. The summed E-state index contributed by atoms with van der Waals surface area (Å²) in [4.78, 5) is 17.1. The van der Waals surface area contributed by atoms with Gasteiger partial charge in [-0.15, -0.1) is 0 Å². The van der Waals surface area contributed by atoms with Gasteiger partial charge in [-0.25, -0.2) is 9.78 Å². The molecule has 22 heavy (non-hydrogen) atoms. The molecule has 1 amide bonds. The molecule has 2 heterocycles. The zero-order valence-electron chi connectivity index (χ0n) is 13.9. The predicted molar refractivity (Wildman–Crippen MR) is 88.7 cm³/mol. The number of pyridine rings is 1. The van der Waals surface area contributed by atoms with Gasteiger partial charge >= 0.3 is 6.09 Å². The lowest BCUT2D eigenvalue weighted by Crippen LogP contribution is -2.58. The van der Waals surface area contributed by atoms with E-state index in [0.29, 0.717) is 5.75 Å². The quantitative estimate of drug-likeness (QED) is 0.862. The van der Waals surface area contributed by atoms with Crippen LogP contribution in [-0.4, -0.2) is 38.6 Å². The van der Waals surface area contributed by atoms with Crippen molar-refractivity contribution >= 4 is 20.2 Å². The molecule has 0 spiro atoms. The Balaban J connectivity index is 1.88. The van der Waals surface area contributed by atoms with Gasteiger partial charge in [0.25, 0.3) is 0 Å². The number of amides is 1. The van der Waals surface area contributed by atoms with Gasteiger partial charge in [0, 0.05) is 13.1 Å². The standard InChI is InChI=1S/C15H25N3O3Si/c1-15(2,3)22(4,5)21-12-9-18(10-12)13-7-6-11(8-17-13)20-14(16)19/h6-8,12H,9-10H2,1-5H3,(H2,16,19). The SMILES string of the molecule is CC(C)(C)[Si](C)(C)OC1CN(c2ccc(OC(N)=O)cn2)C1. The van der Waals surface area contributed by atoms with Gasteiger partial charge in [0.2, 0.25) is 0 Å². The molecule has 0 saturated carbocycles. The van der Waals surface area contributed by atoms with Crippen LogP contribution in [0.4, 0.5) is 10.6 Å². The van der Waals surface area contributed by atoms with Crippen LogP contribution in [0.3, 0.4) is 0 Å². The van der Waals surface area contributed by atoms with Crippen molar-refractivity contribution < 1.29 is 14.0 Å². The second-order valence-electron chi connectivity index (χ2n) is 7.18. The summed E-state index contributed by atoms with van der Waals surface area (Å²) in [5.41, 5.74) is 4.96. The van der Waals surface area contributed by atoms with E-state index in [2.05, 4.69) is 43.7 Å². The lowest BCUT2D eigenvalue weighted by molar-refractivity contribution is 0.148. The van der Waals surface area contributed by atoms with E-state index in [1.165, 1.54) is 6.20 Å². The summed E-state index contributed by atoms with van der Waals surface area (Å²) in [6.45, 7) is 13.0. The first kappa shape index (κ1) is 16.8. The Morgan fingerprint density at radius 2 is 2.00 bits per heavy atom. The van der Waals surface area contributed by atoms with Crippen molar-refractivity contribution in [3.8, 4) is 5.75 Å². The van der Waals surface area contributed by atoms with Gasteiger partial charge in [-0.1, -0.05) is 20.8 Å². The van der Waals surface area contributed by atoms with E-state index in [-0.39, 0.29) is 11.1 Å². The Bertz CT molecular complexity index is 534. The number of aromatic nitrogens is 1. The molecule has 0 atom stereocenters. The smallest absolute Gasteiger partial charge is 0.410 e. The van der Waals surface area contributed by atoms with E-state index >= 15 is 0 Å². The van der Waals surface area contributed by atoms with Crippen molar-refractivity contribution in [3.05, 3.63) is 18.3 Å². The van der Waals surface area contributed by atoms with Crippen molar-refractivity contribution in [1.82, 2.24) is 4.98 Å². The number of hydrogen-bond donors (Lipinski definition) is 1. The maximum absolute atomic E-state index is 10.7. The summed E-state index contributed by atoms with van der Waals surface area (Å²) < 4.78 is 11.1. The molecular weight excluding hydrogens is 298 g/mol. The van der Waals surface area contributed by atoms with Crippen LogP contribution in [0.1, 0.15) is 20.8 Å². The third-order valence-electron chi connectivity index (χ3n) is 4.38. The molecule has 7 heteroatoms. The number of hydrogen-bond acceptors (Lipinski definition) is 5. The Labute approximate surface area is 132 Å². The Morgan fingerprint density at radius 3 is 2.45 bits per heavy atom. The maximum atomic E-state index is 10.7. The third-order valence-corrected chi connectivity index (χ3v) is 8.91. The van der Waals surface area contributed by atoms with Crippen molar-refractivity contribution in [2.24, 2.45) is 5.73 Å². The van der Waals surface area contributed by atoms with Gasteiger partial charge in [0.05, 0.1) is 12.3 Å². The number of primary amides is 1. The second-order valence-corrected chi connectivity index (χ2v) is 11.9. The fraction of sp³-hybridized carbons (Fsp3) is 0.600. The molecule has 1 aromatic heterocycles. The molecule has 1 saturated heterocycles. The molecule has 2 rings (SSSR count). The molecule has 0 aromatic carbocycles. The highest BCUT2D eigenvalue weighted by Crippen LogP contribution is 2.38. The van der Waals surface area contributed by atoms with Crippen molar-refractivity contribution in [3.63, 3.8) is 0 Å². The number of carbonyl (C=O) groups is 1. The monoisotopic (exact) mass is 323 g/mol. The Morgan fingerprint density at radius 1 is 1.36 bits per heavy atom. The van der Waals surface area contributed by atoms with Crippen molar-refractivity contribution in [2.75, 3.05) is 18.0 Å². The molecule has 0 radical (unpaired) electrons. The molecule has 1 aromatic rings. The van der Waals surface area contributed by atoms with Crippen LogP contribution in [0.5, 0.6) is 5.75 Å². The molecule has 0 bridgehead atoms. The van der Waals surface area contributed by atoms with Gasteiger partial charge in [-0.05, 0) is 30.3 Å². The van der Waals surface area contributed by atoms with Gasteiger partial charge < -0.3 is 19.8 Å². The summed E-state index contributed by atoms with van der Waals surface area (Å²) in [5, 5.41) is 0.222. The van der Waals surface area contributed by atoms with E-state index in [9.17, 15) is 4.79 Å². The highest BCUT2D eigenvalue weighted by Gasteiger charge is 2.42. The number of nitrogens with two attached hydrogens (primary N) is 1. The van der Waals surface area contributed by atoms with Gasteiger partial charge in [0.15, 0.2) is 14.1 Å². The van der Waals surface area contributed by atoms with Gasteiger partial charge in [0.1, 0.15) is 5.82 Å². The first-order valence-corrected chi connectivity index (χ1v) is 10.4. The lowest BCUT2D eigenvalue weighted by atomic mass is 10.2. The zero-order valence-corrected chi connectivity index (χ0v) is 14.9. The minimum absolute atomic E-state index is 0.222. The van der Waals surface area contributed by atoms with Gasteiger partial charge in [-0.3, -0.25) is 0 Å². The van der Waals surface area contributed by atoms with E-state index in [1.807, 2.05) is 6.07 Å². The van der Waals surface area contributed by atoms with Crippen LogP contribution < -0.4 is 15.4 Å². The predicted octanol–water partition coefficient (Wildman–Crippen LogP) is 2.75. The molecular formula is C15H25N3O3Si. The highest BCUT2D eigenvalue weighted by molar-refractivity contribution is 6.74. The molecule has 1 aliphatic heterocycles. The minimum Gasteiger partial charge on any atom is -0.410 e. The number of carbonyl (C=O) groups excluding carboxylic acids is 1. The average molecular weight is 323 g/mol. The van der Waals surface area contributed by atoms with Crippen LogP contribution in [0.2, 0.25) is 18.1 Å². The normalized spacial score (nSPS) is 16.3. The number of rotatable bonds is 4. The largest absolute Gasteiger partial charge is 0.410 e. The molecule has 0 aliphatic carbocycles. The Hall–Kier alpha value is -1.60. The summed E-state index contributed by atoms with van der Waals surface area (Å²) >= 11 is 0. The second kappa shape index (κ2) is 5.89. The van der Waals surface area contributed by atoms with E-state index in [0.717, 1.165) is 18.9 Å². The number of anilines is 1. The fourth-order valence-electron chi connectivity index (χ4n) is 2.03. The fourth-order valence-corrected chi connectivity index (χ4v) is 3.37. The van der Waals surface area contributed by atoms with Crippen LogP contribution in [0, 0.1) is 0 Å². The maximum Gasteiger partial charge on any atom is 0.410 e. The highest BCUT2D eigenvalue weighted by atomic mass is 28.4. The molecule has 122 valence electrons. The van der Waals surface area contributed by atoms with E-state index in [4.69, 9.17) is 14.9 Å². The van der Waals surface area contributed by atoms with E-state index < -0.39 is 14.4 Å². The Kier molecular flexibility index (Phi) is 4.48. The first-order chi connectivity index (χ1) is 10.1. The number of nitrogens with zero attached hydrogens (tertiary/aromatic N) is 2. The summed E-state index contributed by atoms with van der Waals surface area (Å²) in [6.07, 6.45) is 0.938. The topological polar surface area (TPSA) is 77.7 Å². The molecule has 0 unspecified atom stereocenters. The summed E-state index contributed by atoms with van der Waals surface area (Å²) in [5.74, 6) is 1.21. The number of ether oxygens (including phenoxy) is 1. The third kappa shape index (κ3) is 3.78.